The van der Waals surface area contributed by atoms with Crippen LogP contribution in [0.5, 0.6) is 0 Å². The molecular weight excluding hydrogens is 162 g/mol. The van der Waals surface area contributed by atoms with Crippen LogP contribution in [-0.2, 0) is 4.74 Å². The van der Waals surface area contributed by atoms with Crippen LogP contribution in [-0.4, -0.2) is 37.2 Å². The molecule has 0 amide bonds. The fourth-order valence-corrected chi connectivity index (χ4v) is 2.35. The Morgan fingerprint density at radius 1 is 1.15 bits per heavy atom. The van der Waals surface area contributed by atoms with Gasteiger partial charge >= 0.3 is 0 Å². The minimum Gasteiger partial charge on any atom is -0.379 e. The molecule has 1 aliphatic carbocycles. The molecule has 2 unspecified atom stereocenters. The molecule has 0 spiro atoms. The molecule has 2 aliphatic rings. The smallest absolute Gasteiger partial charge is 0.0594 e. The van der Waals surface area contributed by atoms with Crippen LogP contribution in [0.4, 0.5) is 0 Å². The van der Waals surface area contributed by atoms with Crippen LogP contribution >= 0.6 is 0 Å². The highest BCUT2D eigenvalue weighted by Crippen LogP contribution is 2.24. The fraction of sp³-hybridized carbons (Fsp3) is 0.818. The van der Waals surface area contributed by atoms with E-state index in [2.05, 4.69) is 24.0 Å². The zero-order chi connectivity index (χ0) is 9.10. The van der Waals surface area contributed by atoms with Crippen molar-refractivity contribution in [3.05, 3.63) is 12.2 Å². The maximum absolute atomic E-state index is 5.37. The van der Waals surface area contributed by atoms with E-state index in [4.69, 9.17) is 4.74 Å². The maximum atomic E-state index is 5.37. The van der Waals surface area contributed by atoms with Crippen molar-refractivity contribution in [2.75, 3.05) is 26.3 Å². The Morgan fingerprint density at radius 2 is 1.85 bits per heavy atom. The number of nitrogens with zero attached hydrogens (tertiary/aromatic N) is 1. The molecular formula is C11H19NO. The Balaban J connectivity index is 1.93. The molecule has 1 saturated heterocycles. The third-order valence-corrected chi connectivity index (χ3v) is 3.22. The van der Waals surface area contributed by atoms with E-state index < -0.39 is 0 Å². The van der Waals surface area contributed by atoms with Gasteiger partial charge in [-0.3, -0.25) is 4.90 Å². The topological polar surface area (TPSA) is 12.5 Å². The molecule has 0 aromatic heterocycles. The van der Waals surface area contributed by atoms with Crippen LogP contribution < -0.4 is 0 Å². The van der Waals surface area contributed by atoms with E-state index in [9.17, 15) is 0 Å². The van der Waals surface area contributed by atoms with Gasteiger partial charge in [0, 0.05) is 19.1 Å². The van der Waals surface area contributed by atoms with Gasteiger partial charge in [-0.25, -0.2) is 0 Å². The molecule has 2 nitrogen and oxygen atoms in total. The Hall–Kier alpha value is -0.340. The van der Waals surface area contributed by atoms with Crippen molar-refractivity contribution in [3.63, 3.8) is 0 Å². The summed E-state index contributed by atoms with van der Waals surface area (Å²) in [7, 11) is 0. The molecule has 2 heteroatoms. The van der Waals surface area contributed by atoms with E-state index in [1.807, 2.05) is 0 Å². The second-order valence-corrected chi connectivity index (χ2v) is 4.14. The molecule has 13 heavy (non-hydrogen) atoms. The van der Waals surface area contributed by atoms with Gasteiger partial charge in [0.15, 0.2) is 0 Å². The van der Waals surface area contributed by atoms with Gasteiger partial charge in [0.2, 0.25) is 0 Å². The van der Waals surface area contributed by atoms with Gasteiger partial charge in [0.1, 0.15) is 0 Å². The fourth-order valence-electron chi connectivity index (χ4n) is 2.35. The predicted molar refractivity (Wildman–Crippen MR) is 53.7 cm³/mol. The van der Waals surface area contributed by atoms with Crippen molar-refractivity contribution in [3.8, 4) is 0 Å². The number of rotatable bonds is 1. The second kappa shape index (κ2) is 4.25. The zero-order valence-corrected chi connectivity index (χ0v) is 8.41. The third-order valence-electron chi connectivity index (χ3n) is 3.22. The molecule has 1 aliphatic heterocycles. The van der Waals surface area contributed by atoms with Crippen molar-refractivity contribution < 1.29 is 4.74 Å². The highest BCUT2D eigenvalue weighted by atomic mass is 16.5. The van der Waals surface area contributed by atoms with Crippen LogP contribution in [0, 0.1) is 5.92 Å². The summed E-state index contributed by atoms with van der Waals surface area (Å²) in [6.07, 6.45) is 7.14. The molecule has 0 radical (unpaired) electrons. The van der Waals surface area contributed by atoms with E-state index in [1.54, 1.807) is 0 Å². The maximum Gasteiger partial charge on any atom is 0.0594 e. The lowest BCUT2D eigenvalue weighted by Crippen LogP contribution is -2.46. The Morgan fingerprint density at radius 3 is 2.54 bits per heavy atom. The lowest BCUT2D eigenvalue weighted by Gasteiger charge is -2.38. The SMILES string of the molecule is CC1CC=CCC1N1CCOCC1. The summed E-state index contributed by atoms with van der Waals surface area (Å²) in [5.41, 5.74) is 0. The number of allylic oxidation sites excluding steroid dienone is 1. The van der Waals surface area contributed by atoms with E-state index in [-0.39, 0.29) is 0 Å². The number of hydrogen-bond acceptors (Lipinski definition) is 2. The van der Waals surface area contributed by atoms with Gasteiger partial charge in [-0.05, 0) is 18.8 Å². The lowest BCUT2D eigenvalue weighted by molar-refractivity contribution is 0.00428. The molecule has 74 valence electrons. The Labute approximate surface area is 80.6 Å². The Bertz CT molecular complexity index is 185. The zero-order valence-electron chi connectivity index (χ0n) is 8.41. The number of morpholine rings is 1. The van der Waals surface area contributed by atoms with Crippen molar-refractivity contribution >= 4 is 0 Å². The van der Waals surface area contributed by atoms with Gasteiger partial charge in [-0.1, -0.05) is 19.1 Å². The summed E-state index contributed by atoms with van der Waals surface area (Å²) in [5, 5.41) is 0. The molecule has 2 rings (SSSR count). The van der Waals surface area contributed by atoms with Crippen LogP contribution in [0.1, 0.15) is 19.8 Å². The van der Waals surface area contributed by atoms with Crippen molar-refractivity contribution in [1.29, 1.82) is 0 Å². The van der Waals surface area contributed by atoms with E-state index >= 15 is 0 Å². The highest BCUT2D eigenvalue weighted by molar-refractivity contribution is 4.97. The second-order valence-electron chi connectivity index (χ2n) is 4.14. The van der Waals surface area contributed by atoms with E-state index in [0.717, 1.165) is 38.3 Å². The normalized spacial score (nSPS) is 36.4. The van der Waals surface area contributed by atoms with Gasteiger partial charge in [-0.2, -0.15) is 0 Å². The minimum absolute atomic E-state index is 0.772. The molecule has 2 atom stereocenters. The van der Waals surface area contributed by atoms with Crippen LogP contribution in [0.15, 0.2) is 12.2 Å². The summed E-state index contributed by atoms with van der Waals surface area (Å²) in [5.74, 6) is 0.822. The standard InChI is InChI=1S/C11H19NO/c1-10-4-2-3-5-11(10)12-6-8-13-9-7-12/h2-3,10-11H,4-9H2,1H3. The molecule has 0 bridgehead atoms. The molecule has 0 aromatic rings. The van der Waals surface area contributed by atoms with Crippen LogP contribution in [0.25, 0.3) is 0 Å². The van der Waals surface area contributed by atoms with Crippen molar-refractivity contribution in [1.82, 2.24) is 4.90 Å². The summed E-state index contributed by atoms with van der Waals surface area (Å²) in [6.45, 7) is 6.47. The van der Waals surface area contributed by atoms with Gasteiger partial charge in [-0.15, -0.1) is 0 Å². The minimum atomic E-state index is 0.772. The van der Waals surface area contributed by atoms with Gasteiger partial charge in [0.05, 0.1) is 13.2 Å². The van der Waals surface area contributed by atoms with Crippen molar-refractivity contribution in [2.24, 2.45) is 5.92 Å². The summed E-state index contributed by atoms with van der Waals surface area (Å²) >= 11 is 0. The highest BCUT2D eigenvalue weighted by Gasteiger charge is 2.25. The number of hydrogen-bond donors (Lipinski definition) is 0. The van der Waals surface area contributed by atoms with Gasteiger partial charge in [0.25, 0.3) is 0 Å². The summed E-state index contributed by atoms with van der Waals surface area (Å²) < 4.78 is 5.37. The monoisotopic (exact) mass is 181 g/mol. The van der Waals surface area contributed by atoms with E-state index in [1.165, 1.54) is 12.8 Å². The van der Waals surface area contributed by atoms with Crippen molar-refractivity contribution in [2.45, 2.75) is 25.8 Å². The predicted octanol–water partition coefficient (Wildman–Crippen LogP) is 1.67. The first-order valence-electron chi connectivity index (χ1n) is 5.35. The number of ether oxygens (including phenoxy) is 1. The molecule has 0 N–H and O–H groups in total. The third kappa shape index (κ3) is 2.12. The first-order chi connectivity index (χ1) is 6.38. The first kappa shape index (κ1) is 9.22. The average molecular weight is 181 g/mol. The Kier molecular flexibility index (Phi) is 3.01. The average Bonchev–Trinajstić information content (AvgIpc) is 2.20. The summed E-state index contributed by atoms with van der Waals surface area (Å²) in [6, 6.07) is 0.772. The molecule has 0 aromatic carbocycles. The van der Waals surface area contributed by atoms with Gasteiger partial charge < -0.3 is 4.74 Å². The van der Waals surface area contributed by atoms with Crippen LogP contribution in [0.3, 0.4) is 0 Å². The lowest BCUT2D eigenvalue weighted by atomic mass is 9.89. The first-order valence-corrected chi connectivity index (χ1v) is 5.35. The molecule has 1 heterocycles. The quantitative estimate of drug-likeness (QED) is 0.571. The molecule has 0 saturated carbocycles. The largest absolute Gasteiger partial charge is 0.379 e. The van der Waals surface area contributed by atoms with E-state index in [0.29, 0.717) is 0 Å². The molecule has 1 fully saturated rings. The summed E-state index contributed by atoms with van der Waals surface area (Å²) in [4.78, 5) is 2.59. The van der Waals surface area contributed by atoms with Crippen LogP contribution in [0.2, 0.25) is 0 Å².